The maximum atomic E-state index is 11.7. The van der Waals surface area contributed by atoms with Gasteiger partial charge in [0.15, 0.2) is 0 Å². The Balaban J connectivity index is 2.01. The molecule has 6 heteroatoms. The zero-order valence-electron chi connectivity index (χ0n) is 8.90. The number of hydrogen-bond acceptors (Lipinski definition) is 3. The molecule has 4 N–H and O–H groups in total. The number of aromatic amines is 1. The summed E-state index contributed by atoms with van der Waals surface area (Å²) in [4.78, 5) is 14.7. The minimum Gasteiger partial charge on any atom is -0.383 e. The molecule has 0 saturated heterocycles. The Morgan fingerprint density at radius 3 is 3.06 bits per heavy atom. The van der Waals surface area contributed by atoms with Gasteiger partial charge in [-0.1, -0.05) is 0 Å². The Morgan fingerprint density at radius 2 is 2.50 bits per heavy atom. The lowest BCUT2D eigenvalue weighted by Gasteiger charge is -2.02. The average Bonchev–Trinajstić information content (AvgIpc) is 2.88. The number of hydrogen-bond donors (Lipinski definition) is 3. The molecular formula is C10H13N5O. The number of amides is 1. The van der Waals surface area contributed by atoms with Crippen LogP contribution >= 0.6 is 0 Å². The summed E-state index contributed by atoms with van der Waals surface area (Å²) < 4.78 is 1.46. The van der Waals surface area contributed by atoms with E-state index in [1.54, 1.807) is 13.2 Å². The Kier molecular flexibility index (Phi) is 2.63. The quantitative estimate of drug-likeness (QED) is 0.691. The molecule has 0 radical (unpaired) electrons. The van der Waals surface area contributed by atoms with Crippen LogP contribution in [0.4, 0.5) is 5.82 Å². The first-order chi connectivity index (χ1) is 7.68. The van der Waals surface area contributed by atoms with Crippen molar-refractivity contribution in [3.63, 3.8) is 0 Å². The highest BCUT2D eigenvalue weighted by Gasteiger charge is 2.12. The third-order valence-electron chi connectivity index (χ3n) is 2.33. The van der Waals surface area contributed by atoms with Gasteiger partial charge in [0.2, 0.25) is 0 Å². The third kappa shape index (κ3) is 1.90. The lowest BCUT2D eigenvalue weighted by Crippen LogP contribution is -2.23. The summed E-state index contributed by atoms with van der Waals surface area (Å²) in [5.74, 6) is 0.143. The van der Waals surface area contributed by atoms with Crippen LogP contribution in [0.25, 0.3) is 0 Å². The van der Waals surface area contributed by atoms with Crippen LogP contribution in [0.2, 0.25) is 0 Å². The van der Waals surface area contributed by atoms with Crippen molar-refractivity contribution in [3.8, 4) is 0 Å². The Hall–Kier alpha value is -2.24. The highest BCUT2D eigenvalue weighted by molar-refractivity contribution is 5.98. The number of nitrogens with one attached hydrogen (secondary N) is 2. The molecule has 0 unspecified atom stereocenters. The molecule has 0 spiro atoms. The Morgan fingerprint density at radius 1 is 1.69 bits per heavy atom. The molecular weight excluding hydrogens is 206 g/mol. The third-order valence-corrected chi connectivity index (χ3v) is 2.33. The number of carbonyl (C=O) groups is 1. The van der Waals surface area contributed by atoms with E-state index in [4.69, 9.17) is 5.73 Å². The maximum Gasteiger partial charge on any atom is 0.256 e. The SMILES string of the molecule is Cn1ncc(C(=O)NCc2ccc[nH]2)c1N. The number of carbonyl (C=O) groups excluding carboxylic acids is 1. The summed E-state index contributed by atoms with van der Waals surface area (Å²) in [6.45, 7) is 0.445. The van der Waals surface area contributed by atoms with Gasteiger partial charge in [0.25, 0.3) is 5.91 Å². The number of nitrogens with zero attached hydrogens (tertiary/aromatic N) is 2. The second kappa shape index (κ2) is 4.09. The van der Waals surface area contributed by atoms with Crippen LogP contribution in [0.15, 0.2) is 24.5 Å². The molecule has 0 aliphatic carbocycles. The van der Waals surface area contributed by atoms with E-state index in [0.717, 1.165) is 5.69 Å². The van der Waals surface area contributed by atoms with E-state index in [-0.39, 0.29) is 5.91 Å². The molecule has 2 aromatic heterocycles. The Labute approximate surface area is 92.5 Å². The number of aryl methyl sites for hydroxylation is 1. The molecule has 0 bridgehead atoms. The van der Waals surface area contributed by atoms with E-state index in [9.17, 15) is 4.79 Å². The van der Waals surface area contributed by atoms with Crippen molar-refractivity contribution in [2.75, 3.05) is 5.73 Å². The molecule has 84 valence electrons. The first kappa shape index (κ1) is 10.3. The fraction of sp³-hybridized carbons (Fsp3) is 0.200. The zero-order chi connectivity index (χ0) is 11.5. The van der Waals surface area contributed by atoms with Gasteiger partial charge in [0.05, 0.1) is 12.7 Å². The van der Waals surface area contributed by atoms with Gasteiger partial charge >= 0.3 is 0 Å². The number of rotatable bonds is 3. The average molecular weight is 219 g/mol. The van der Waals surface area contributed by atoms with Crippen LogP contribution in [0, 0.1) is 0 Å². The van der Waals surface area contributed by atoms with Gasteiger partial charge in [-0.3, -0.25) is 9.48 Å². The molecule has 1 amide bonds. The lowest BCUT2D eigenvalue weighted by atomic mass is 10.3. The van der Waals surface area contributed by atoms with E-state index in [0.29, 0.717) is 17.9 Å². The fourth-order valence-electron chi connectivity index (χ4n) is 1.37. The van der Waals surface area contributed by atoms with Crippen molar-refractivity contribution < 1.29 is 4.79 Å². The van der Waals surface area contributed by atoms with E-state index in [2.05, 4.69) is 15.4 Å². The molecule has 0 aromatic carbocycles. The van der Waals surface area contributed by atoms with Crippen molar-refractivity contribution in [2.24, 2.45) is 7.05 Å². The van der Waals surface area contributed by atoms with Crippen LogP contribution in [0.3, 0.4) is 0 Å². The second-order valence-corrected chi connectivity index (χ2v) is 3.45. The van der Waals surface area contributed by atoms with Crippen molar-refractivity contribution in [1.29, 1.82) is 0 Å². The molecule has 2 heterocycles. The molecule has 2 rings (SSSR count). The summed E-state index contributed by atoms with van der Waals surface area (Å²) in [7, 11) is 1.69. The normalized spacial score (nSPS) is 10.3. The molecule has 16 heavy (non-hydrogen) atoms. The highest BCUT2D eigenvalue weighted by atomic mass is 16.1. The van der Waals surface area contributed by atoms with Crippen molar-refractivity contribution in [3.05, 3.63) is 35.8 Å². The first-order valence-corrected chi connectivity index (χ1v) is 4.86. The van der Waals surface area contributed by atoms with Gasteiger partial charge in [-0.05, 0) is 12.1 Å². The minimum atomic E-state index is -0.222. The number of anilines is 1. The Bertz CT molecular complexity index is 485. The molecule has 0 fully saturated rings. The molecule has 0 aliphatic rings. The monoisotopic (exact) mass is 219 g/mol. The van der Waals surface area contributed by atoms with Gasteiger partial charge in [0, 0.05) is 18.9 Å². The second-order valence-electron chi connectivity index (χ2n) is 3.45. The maximum absolute atomic E-state index is 11.7. The summed E-state index contributed by atoms with van der Waals surface area (Å²) in [6, 6.07) is 3.77. The molecule has 0 aliphatic heterocycles. The van der Waals surface area contributed by atoms with Gasteiger partial charge < -0.3 is 16.0 Å². The summed E-state index contributed by atoms with van der Waals surface area (Å²) in [5.41, 5.74) is 7.02. The molecule has 6 nitrogen and oxygen atoms in total. The smallest absolute Gasteiger partial charge is 0.256 e. The van der Waals surface area contributed by atoms with E-state index >= 15 is 0 Å². The largest absolute Gasteiger partial charge is 0.383 e. The van der Waals surface area contributed by atoms with Crippen molar-refractivity contribution >= 4 is 11.7 Å². The number of H-pyrrole nitrogens is 1. The summed E-state index contributed by atoms with van der Waals surface area (Å²) in [6.07, 6.45) is 3.26. The number of nitrogen functional groups attached to an aromatic ring is 1. The van der Waals surface area contributed by atoms with Gasteiger partial charge in [-0.15, -0.1) is 0 Å². The predicted octanol–water partition coefficient (Wildman–Crippen LogP) is 0.260. The number of aromatic nitrogens is 3. The minimum absolute atomic E-state index is 0.222. The van der Waals surface area contributed by atoms with Crippen LogP contribution < -0.4 is 11.1 Å². The zero-order valence-corrected chi connectivity index (χ0v) is 8.90. The molecule has 0 saturated carbocycles. The first-order valence-electron chi connectivity index (χ1n) is 4.86. The van der Waals surface area contributed by atoms with E-state index < -0.39 is 0 Å². The molecule has 2 aromatic rings. The topological polar surface area (TPSA) is 88.7 Å². The van der Waals surface area contributed by atoms with Crippen LogP contribution in [-0.2, 0) is 13.6 Å². The van der Waals surface area contributed by atoms with Gasteiger partial charge in [-0.25, -0.2) is 0 Å². The van der Waals surface area contributed by atoms with Crippen LogP contribution in [0.1, 0.15) is 16.1 Å². The lowest BCUT2D eigenvalue weighted by molar-refractivity contribution is 0.0951. The van der Waals surface area contributed by atoms with Crippen molar-refractivity contribution in [1.82, 2.24) is 20.1 Å². The van der Waals surface area contributed by atoms with Crippen LogP contribution in [-0.4, -0.2) is 20.7 Å². The predicted molar refractivity (Wildman–Crippen MR) is 59.6 cm³/mol. The highest BCUT2D eigenvalue weighted by Crippen LogP contribution is 2.08. The number of nitrogens with two attached hydrogens (primary N) is 1. The van der Waals surface area contributed by atoms with Gasteiger partial charge in [0.1, 0.15) is 11.4 Å². The summed E-state index contributed by atoms with van der Waals surface area (Å²) in [5, 5.41) is 6.66. The van der Waals surface area contributed by atoms with Crippen LogP contribution in [0.5, 0.6) is 0 Å². The summed E-state index contributed by atoms with van der Waals surface area (Å²) >= 11 is 0. The molecule has 0 atom stereocenters. The fourth-order valence-corrected chi connectivity index (χ4v) is 1.37. The van der Waals surface area contributed by atoms with Gasteiger partial charge in [-0.2, -0.15) is 5.10 Å². The van der Waals surface area contributed by atoms with E-state index in [1.165, 1.54) is 10.9 Å². The van der Waals surface area contributed by atoms with E-state index in [1.807, 2.05) is 12.1 Å². The van der Waals surface area contributed by atoms with Crippen molar-refractivity contribution in [2.45, 2.75) is 6.54 Å². The standard InChI is InChI=1S/C10H13N5O/c1-15-9(11)8(6-14-15)10(16)13-5-7-3-2-4-12-7/h2-4,6,12H,5,11H2,1H3,(H,13,16).